The Morgan fingerprint density at radius 3 is 1.81 bits per heavy atom. The molecule has 0 atom stereocenters. The van der Waals surface area contributed by atoms with Crippen LogP contribution in [-0.2, 0) is 0 Å². The van der Waals surface area contributed by atoms with Crippen molar-refractivity contribution in [2.45, 2.75) is 11.8 Å². The van der Waals surface area contributed by atoms with Crippen LogP contribution in [0, 0.1) is 6.92 Å². The third-order valence-electron chi connectivity index (χ3n) is 5.07. The highest BCUT2D eigenvalue weighted by Crippen LogP contribution is 2.32. The summed E-state index contributed by atoms with van der Waals surface area (Å²) in [5.41, 5.74) is 7.91. The molecule has 0 saturated heterocycles. The van der Waals surface area contributed by atoms with Crippen LogP contribution in [0.1, 0.15) is 5.56 Å². The Kier molecular flexibility index (Phi) is 5.38. The first kappa shape index (κ1) is 19.3. The van der Waals surface area contributed by atoms with Gasteiger partial charge in [-0.3, -0.25) is 0 Å². The lowest BCUT2D eigenvalue weighted by molar-refractivity contribution is 1.29. The molecule has 0 fully saturated rings. The van der Waals surface area contributed by atoms with Crippen molar-refractivity contribution in [2.24, 2.45) is 0 Å². The maximum Gasteiger partial charge on any atom is 0.0973 e. The molecular formula is C27H21N3S. The van der Waals surface area contributed by atoms with Gasteiger partial charge in [0, 0.05) is 21.7 Å². The van der Waals surface area contributed by atoms with Gasteiger partial charge in [0.25, 0.3) is 0 Å². The molecule has 1 aromatic heterocycles. The number of anilines is 1. The number of benzene rings is 4. The molecule has 1 N–H and O–H groups in total. The molecule has 0 amide bonds. The standard InChI is InChI=1S/C27H21N3S/c1-19-12-15-23(16-13-19)31-30-22-14-17-24-25(18-22)29-27(21-10-6-3-7-11-21)26(28-24)20-8-4-2-5-9-20/h2-18,30H,1H3. The number of nitrogens with one attached hydrogen (secondary N) is 1. The van der Waals surface area contributed by atoms with Crippen molar-refractivity contribution >= 4 is 28.7 Å². The Labute approximate surface area is 186 Å². The van der Waals surface area contributed by atoms with Crippen LogP contribution >= 0.6 is 11.9 Å². The Balaban J connectivity index is 1.54. The summed E-state index contributed by atoms with van der Waals surface area (Å²) in [6, 6.07) is 35.1. The number of rotatable bonds is 5. The second kappa shape index (κ2) is 8.62. The molecule has 3 nitrogen and oxygen atoms in total. The molecule has 0 bridgehead atoms. The maximum atomic E-state index is 5.04. The van der Waals surface area contributed by atoms with Crippen molar-refractivity contribution in [3.8, 4) is 22.5 Å². The van der Waals surface area contributed by atoms with E-state index in [0.29, 0.717) is 0 Å². The van der Waals surface area contributed by atoms with Crippen molar-refractivity contribution in [1.82, 2.24) is 9.97 Å². The van der Waals surface area contributed by atoms with Gasteiger partial charge in [-0.05, 0) is 49.2 Å². The van der Waals surface area contributed by atoms with E-state index in [1.807, 2.05) is 42.5 Å². The molecule has 0 unspecified atom stereocenters. The number of hydrogen-bond acceptors (Lipinski definition) is 4. The molecule has 150 valence electrons. The number of hydrogen-bond donors (Lipinski definition) is 1. The zero-order valence-corrected chi connectivity index (χ0v) is 17.9. The third kappa shape index (κ3) is 4.30. The van der Waals surface area contributed by atoms with E-state index < -0.39 is 0 Å². The molecule has 0 aliphatic heterocycles. The SMILES string of the molecule is Cc1ccc(SNc2ccc3nc(-c4ccccc4)c(-c4ccccc4)nc3c2)cc1. The van der Waals surface area contributed by atoms with E-state index in [0.717, 1.165) is 39.2 Å². The fraction of sp³-hybridized carbons (Fsp3) is 0.0370. The summed E-state index contributed by atoms with van der Waals surface area (Å²) in [6.45, 7) is 2.10. The normalized spacial score (nSPS) is 10.9. The van der Waals surface area contributed by atoms with E-state index in [1.54, 1.807) is 11.9 Å². The van der Waals surface area contributed by atoms with Gasteiger partial charge < -0.3 is 4.72 Å². The van der Waals surface area contributed by atoms with Crippen LogP contribution in [0.15, 0.2) is 108 Å². The number of nitrogens with zero attached hydrogens (tertiary/aromatic N) is 2. The fourth-order valence-corrected chi connectivity index (χ4v) is 4.07. The second-order valence-electron chi connectivity index (χ2n) is 7.37. The van der Waals surface area contributed by atoms with Gasteiger partial charge in [-0.1, -0.05) is 78.4 Å². The lowest BCUT2D eigenvalue weighted by Gasteiger charge is -2.12. The Morgan fingerprint density at radius 2 is 1.19 bits per heavy atom. The minimum Gasteiger partial charge on any atom is -0.326 e. The highest BCUT2D eigenvalue weighted by atomic mass is 32.2. The Morgan fingerprint density at radius 1 is 0.613 bits per heavy atom. The van der Waals surface area contributed by atoms with Gasteiger partial charge in [0.15, 0.2) is 0 Å². The molecule has 0 aliphatic carbocycles. The average Bonchev–Trinajstić information content (AvgIpc) is 2.84. The quantitative estimate of drug-likeness (QED) is 0.301. The minimum absolute atomic E-state index is 0.869. The first-order valence-corrected chi connectivity index (χ1v) is 11.0. The van der Waals surface area contributed by atoms with Crippen LogP contribution in [0.2, 0.25) is 0 Å². The molecule has 5 aromatic rings. The molecule has 31 heavy (non-hydrogen) atoms. The number of aryl methyl sites for hydroxylation is 1. The predicted molar refractivity (Wildman–Crippen MR) is 131 cm³/mol. The summed E-state index contributed by atoms with van der Waals surface area (Å²) in [5, 5.41) is 0. The Bertz CT molecular complexity index is 1320. The maximum absolute atomic E-state index is 5.04. The van der Waals surface area contributed by atoms with Gasteiger partial charge in [-0.25, -0.2) is 9.97 Å². The minimum atomic E-state index is 0.869. The molecular weight excluding hydrogens is 398 g/mol. The van der Waals surface area contributed by atoms with Crippen molar-refractivity contribution in [1.29, 1.82) is 0 Å². The fourth-order valence-electron chi connectivity index (χ4n) is 3.44. The van der Waals surface area contributed by atoms with Crippen LogP contribution in [0.3, 0.4) is 0 Å². The lowest BCUT2D eigenvalue weighted by Crippen LogP contribution is -1.96. The summed E-state index contributed by atoms with van der Waals surface area (Å²) in [7, 11) is 0. The van der Waals surface area contributed by atoms with E-state index in [1.165, 1.54) is 10.5 Å². The lowest BCUT2D eigenvalue weighted by atomic mass is 10.0. The monoisotopic (exact) mass is 419 g/mol. The van der Waals surface area contributed by atoms with E-state index in [2.05, 4.69) is 72.3 Å². The summed E-state index contributed by atoms with van der Waals surface area (Å²) in [4.78, 5) is 11.2. The van der Waals surface area contributed by atoms with Crippen LogP contribution < -0.4 is 4.72 Å². The predicted octanol–water partition coefficient (Wildman–Crippen LogP) is 7.39. The van der Waals surface area contributed by atoms with E-state index in [-0.39, 0.29) is 0 Å². The third-order valence-corrected chi connectivity index (χ3v) is 5.91. The molecule has 1 heterocycles. The van der Waals surface area contributed by atoms with Crippen molar-refractivity contribution in [3.05, 3.63) is 109 Å². The molecule has 0 saturated carbocycles. The average molecular weight is 420 g/mol. The van der Waals surface area contributed by atoms with Gasteiger partial charge in [-0.15, -0.1) is 0 Å². The summed E-state index contributed by atoms with van der Waals surface area (Å²) in [6.07, 6.45) is 0. The highest BCUT2D eigenvalue weighted by Gasteiger charge is 2.13. The van der Waals surface area contributed by atoms with Gasteiger partial charge in [0.2, 0.25) is 0 Å². The number of aromatic nitrogens is 2. The van der Waals surface area contributed by atoms with Gasteiger partial charge in [0.1, 0.15) is 0 Å². The van der Waals surface area contributed by atoms with Gasteiger partial charge in [-0.2, -0.15) is 0 Å². The highest BCUT2D eigenvalue weighted by molar-refractivity contribution is 8.00. The van der Waals surface area contributed by atoms with Crippen molar-refractivity contribution in [3.63, 3.8) is 0 Å². The molecule has 4 heteroatoms. The zero-order chi connectivity index (χ0) is 21.0. The number of fused-ring (bicyclic) bond motifs is 1. The van der Waals surface area contributed by atoms with E-state index >= 15 is 0 Å². The van der Waals surface area contributed by atoms with Crippen LogP contribution in [0.25, 0.3) is 33.5 Å². The molecule has 4 aromatic carbocycles. The molecule has 0 radical (unpaired) electrons. The summed E-state index contributed by atoms with van der Waals surface area (Å²) < 4.78 is 3.43. The second-order valence-corrected chi connectivity index (χ2v) is 8.25. The van der Waals surface area contributed by atoms with E-state index in [4.69, 9.17) is 9.97 Å². The van der Waals surface area contributed by atoms with Crippen LogP contribution in [-0.4, -0.2) is 9.97 Å². The van der Waals surface area contributed by atoms with Crippen molar-refractivity contribution in [2.75, 3.05) is 4.72 Å². The topological polar surface area (TPSA) is 37.8 Å². The van der Waals surface area contributed by atoms with Crippen molar-refractivity contribution < 1.29 is 0 Å². The van der Waals surface area contributed by atoms with Gasteiger partial charge >= 0.3 is 0 Å². The van der Waals surface area contributed by atoms with Crippen LogP contribution in [0.4, 0.5) is 5.69 Å². The Hall–Kier alpha value is -3.63. The summed E-state index contributed by atoms with van der Waals surface area (Å²) in [5.74, 6) is 0. The zero-order valence-electron chi connectivity index (χ0n) is 17.1. The van der Waals surface area contributed by atoms with Gasteiger partial charge in [0.05, 0.1) is 22.4 Å². The van der Waals surface area contributed by atoms with Crippen LogP contribution in [0.5, 0.6) is 0 Å². The summed E-state index contributed by atoms with van der Waals surface area (Å²) >= 11 is 1.59. The largest absolute Gasteiger partial charge is 0.326 e. The molecule has 0 spiro atoms. The first-order chi connectivity index (χ1) is 15.3. The molecule has 5 rings (SSSR count). The smallest absolute Gasteiger partial charge is 0.0973 e. The van der Waals surface area contributed by atoms with E-state index in [9.17, 15) is 0 Å². The molecule has 0 aliphatic rings. The first-order valence-electron chi connectivity index (χ1n) is 10.2.